The summed E-state index contributed by atoms with van der Waals surface area (Å²) in [6.07, 6.45) is 1.74. The molecule has 0 unspecified atom stereocenters. The van der Waals surface area contributed by atoms with Crippen LogP contribution in [0.3, 0.4) is 0 Å². The fourth-order valence-corrected chi connectivity index (χ4v) is 1.61. The van der Waals surface area contributed by atoms with Crippen LogP contribution in [0.2, 0.25) is 0 Å². The SMILES string of the molecule is Cc1n[nH]c(=O)nc1N/N=C\c1cccc(OC(C)C)c1. The van der Waals surface area contributed by atoms with E-state index in [0.29, 0.717) is 11.5 Å². The Balaban J connectivity index is 2.07. The first kappa shape index (κ1) is 14.7. The molecule has 0 saturated heterocycles. The third-order valence-electron chi connectivity index (χ3n) is 2.49. The second-order valence-corrected chi connectivity index (χ2v) is 4.68. The Kier molecular flexibility index (Phi) is 4.65. The number of hydrogen-bond acceptors (Lipinski definition) is 6. The van der Waals surface area contributed by atoms with Crippen LogP contribution in [0.25, 0.3) is 0 Å². The zero-order chi connectivity index (χ0) is 15.2. The molecule has 0 aliphatic rings. The van der Waals surface area contributed by atoms with Crippen LogP contribution in [0, 0.1) is 6.92 Å². The second-order valence-electron chi connectivity index (χ2n) is 4.68. The van der Waals surface area contributed by atoms with Crippen molar-refractivity contribution < 1.29 is 4.74 Å². The van der Waals surface area contributed by atoms with Crippen molar-refractivity contribution in [3.63, 3.8) is 0 Å². The third-order valence-corrected chi connectivity index (χ3v) is 2.49. The minimum atomic E-state index is -0.523. The Morgan fingerprint density at radius 1 is 1.43 bits per heavy atom. The molecule has 1 heterocycles. The first-order valence-electron chi connectivity index (χ1n) is 6.53. The van der Waals surface area contributed by atoms with Gasteiger partial charge in [0.1, 0.15) is 11.4 Å². The topological polar surface area (TPSA) is 92.3 Å². The molecule has 7 heteroatoms. The number of aromatic nitrogens is 3. The van der Waals surface area contributed by atoms with Crippen LogP contribution in [0.5, 0.6) is 5.75 Å². The highest BCUT2D eigenvalue weighted by molar-refractivity contribution is 5.80. The Bertz CT molecular complexity index is 694. The van der Waals surface area contributed by atoms with Crippen molar-refractivity contribution in [2.45, 2.75) is 26.9 Å². The van der Waals surface area contributed by atoms with Crippen LogP contribution in [-0.4, -0.2) is 27.5 Å². The van der Waals surface area contributed by atoms with E-state index in [-0.39, 0.29) is 6.10 Å². The summed E-state index contributed by atoms with van der Waals surface area (Å²) >= 11 is 0. The lowest BCUT2D eigenvalue weighted by Gasteiger charge is -2.09. The van der Waals surface area contributed by atoms with Crippen molar-refractivity contribution in [1.29, 1.82) is 0 Å². The van der Waals surface area contributed by atoms with Gasteiger partial charge in [0.15, 0.2) is 5.82 Å². The van der Waals surface area contributed by atoms with E-state index in [1.807, 2.05) is 38.1 Å². The normalized spacial score (nSPS) is 11.0. The minimum absolute atomic E-state index is 0.115. The predicted molar refractivity (Wildman–Crippen MR) is 80.8 cm³/mol. The molecule has 0 spiro atoms. The molecule has 2 rings (SSSR count). The van der Waals surface area contributed by atoms with Gasteiger partial charge in [-0.1, -0.05) is 12.1 Å². The molecule has 21 heavy (non-hydrogen) atoms. The van der Waals surface area contributed by atoms with E-state index in [2.05, 4.69) is 25.7 Å². The molecule has 0 aliphatic heterocycles. The number of nitrogens with zero attached hydrogens (tertiary/aromatic N) is 3. The van der Waals surface area contributed by atoms with Gasteiger partial charge >= 0.3 is 5.69 Å². The van der Waals surface area contributed by atoms with Crippen LogP contribution in [0.1, 0.15) is 25.1 Å². The Labute approximate surface area is 122 Å². The number of benzene rings is 1. The lowest BCUT2D eigenvalue weighted by Crippen LogP contribution is -2.15. The first-order chi connectivity index (χ1) is 10.0. The lowest BCUT2D eigenvalue weighted by molar-refractivity contribution is 0.242. The molecule has 0 aliphatic carbocycles. The van der Waals surface area contributed by atoms with Crippen molar-refractivity contribution >= 4 is 12.0 Å². The van der Waals surface area contributed by atoms with Gasteiger partial charge in [0.2, 0.25) is 0 Å². The number of anilines is 1. The van der Waals surface area contributed by atoms with E-state index in [9.17, 15) is 4.79 Å². The van der Waals surface area contributed by atoms with Gasteiger partial charge < -0.3 is 4.74 Å². The number of aromatic amines is 1. The maximum absolute atomic E-state index is 11.1. The van der Waals surface area contributed by atoms with Gasteiger partial charge in [-0.2, -0.15) is 15.2 Å². The Hall–Kier alpha value is -2.70. The maximum atomic E-state index is 11.1. The van der Waals surface area contributed by atoms with Crippen LogP contribution >= 0.6 is 0 Å². The molecule has 0 radical (unpaired) electrons. The molecule has 110 valence electrons. The molecule has 0 atom stereocenters. The largest absolute Gasteiger partial charge is 0.491 e. The molecule has 0 saturated carbocycles. The zero-order valence-corrected chi connectivity index (χ0v) is 12.1. The number of ether oxygens (including phenoxy) is 1. The summed E-state index contributed by atoms with van der Waals surface area (Å²) in [6, 6.07) is 7.55. The molecule has 2 aromatic rings. The summed E-state index contributed by atoms with van der Waals surface area (Å²) in [5.74, 6) is 1.10. The van der Waals surface area contributed by atoms with Crippen molar-refractivity contribution in [2.24, 2.45) is 5.10 Å². The third kappa shape index (κ3) is 4.41. The highest BCUT2D eigenvalue weighted by Gasteiger charge is 2.01. The average Bonchev–Trinajstić information content (AvgIpc) is 2.42. The zero-order valence-electron chi connectivity index (χ0n) is 12.1. The van der Waals surface area contributed by atoms with E-state index in [4.69, 9.17) is 4.74 Å². The fourth-order valence-electron chi connectivity index (χ4n) is 1.61. The quantitative estimate of drug-likeness (QED) is 0.645. The highest BCUT2D eigenvalue weighted by atomic mass is 16.5. The summed E-state index contributed by atoms with van der Waals surface area (Å²) in [5, 5.41) is 10.1. The number of rotatable bonds is 5. The molecule has 2 N–H and O–H groups in total. The lowest BCUT2D eigenvalue weighted by atomic mass is 10.2. The number of H-pyrrole nitrogens is 1. The van der Waals surface area contributed by atoms with Gasteiger partial charge in [0, 0.05) is 0 Å². The van der Waals surface area contributed by atoms with E-state index < -0.39 is 5.69 Å². The van der Waals surface area contributed by atoms with Gasteiger partial charge in [-0.25, -0.2) is 9.89 Å². The standard InChI is InChI=1S/C14H17N5O2/c1-9(2)21-12-6-4-5-11(7-12)8-15-18-13-10(3)17-19-14(20)16-13/h4-9H,1-3H3,(H2,16,18,19,20)/b15-8-. The van der Waals surface area contributed by atoms with Gasteiger partial charge in [-0.3, -0.25) is 5.43 Å². The summed E-state index contributed by atoms with van der Waals surface area (Å²) in [4.78, 5) is 14.8. The molecular weight excluding hydrogens is 270 g/mol. The van der Waals surface area contributed by atoms with Gasteiger partial charge in [0.05, 0.1) is 12.3 Å². The Morgan fingerprint density at radius 2 is 2.24 bits per heavy atom. The van der Waals surface area contributed by atoms with Crippen molar-refractivity contribution in [3.8, 4) is 5.75 Å². The highest BCUT2D eigenvalue weighted by Crippen LogP contribution is 2.13. The molecular formula is C14H17N5O2. The van der Waals surface area contributed by atoms with E-state index in [1.165, 1.54) is 0 Å². The van der Waals surface area contributed by atoms with E-state index in [0.717, 1.165) is 11.3 Å². The van der Waals surface area contributed by atoms with Gasteiger partial charge in [-0.15, -0.1) is 0 Å². The number of nitrogens with one attached hydrogen (secondary N) is 2. The summed E-state index contributed by atoms with van der Waals surface area (Å²) in [5.41, 5.74) is 3.61. The smallest absolute Gasteiger partial charge is 0.363 e. The second kappa shape index (κ2) is 6.65. The van der Waals surface area contributed by atoms with E-state index in [1.54, 1.807) is 13.1 Å². The van der Waals surface area contributed by atoms with Crippen molar-refractivity contribution in [2.75, 3.05) is 5.43 Å². The van der Waals surface area contributed by atoms with Crippen LogP contribution < -0.4 is 15.9 Å². The maximum Gasteiger partial charge on any atom is 0.363 e. The van der Waals surface area contributed by atoms with Crippen LogP contribution in [0.4, 0.5) is 5.82 Å². The molecule has 0 fully saturated rings. The molecule has 1 aromatic heterocycles. The molecule has 7 nitrogen and oxygen atoms in total. The summed E-state index contributed by atoms with van der Waals surface area (Å²) in [7, 11) is 0. The molecule has 1 aromatic carbocycles. The number of aryl methyl sites for hydroxylation is 1. The minimum Gasteiger partial charge on any atom is -0.491 e. The van der Waals surface area contributed by atoms with Crippen LogP contribution in [0.15, 0.2) is 34.2 Å². The average molecular weight is 287 g/mol. The van der Waals surface area contributed by atoms with Crippen molar-refractivity contribution in [3.05, 3.63) is 46.0 Å². The van der Waals surface area contributed by atoms with E-state index >= 15 is 0 Å². The van der Waals surface area contributed by atoms with Gasteiger partial charge in [0.25, 0.3) is 0 Å². The molecule has 0 amide bonds. The fraction of sp³-hybridized carbons (Fsp3) is 0.286. The van der Waals surface area contributed by atoms with Gasteiger partial charge in [-0.05, 0) is 38.5 Å². The van der Waals surface area contributed by atoms with Crippen molar-refractivity contribution in [1.82, 2.24) is 15.2 Å². The number of hydrogen-bond donors (Lipinski definition) is 2. The van der Waals surface area contributed by atoms with Crippen LogP contribution in [-0.2, 0) is 0 Å². The number of hydrazone groups is 1. The summed E-state index contributed by atoms with van der Waals surface area (Å²) < 4.78 is 5.60. The predicted octanol–water partition coefficient (Wildman–Crippen LogP) is 1.71. The summed E-state index contributed by atoms with van der Waals surface area (Å²) in [6.45, 7) is 5.66. The Morgan fingerprint density at radius 3 is 3.00 bits per heavy atom. The first-order valence-corrected chi connectivity index (χ1v) is 6.53. The molecule has 0 bridgehead atoms. The monoisotopic (exact) mass is 287 g/mol.